The predicted molar refractivity (Wildman–Crippen MR) is 51.1 cm³/mol. The zero-order chi connectivity index (χ0) is 11.7. The van der Waals surface area contributed by atoms with E-state index in [9.17, 15) is 14.7 Å². The lowest BCUT2D eigenvalue weighted by atomic mass is 9.63. The molecule has 2 saturated heterocycles. The maximum atomic E-state index is 11.9. The molecule has 1 unspecified atom stereocenters. The Kier molecular flexibility index (Phi) is 1.70. The average Bonchev–Trinajstić information content (AvgIpc) is 2.58. The summed E-state index contributed by atoms with van der Waals surface area (Å²) in [5, 5.41) is 10.0. The number of ketones is 1. The van der Waals surface area contributed by atoms with Crippen molar-refractivity contribution in [2.45, 2.75) is 31.7 Å². The molecule has 0 aromatic rings. The van der Waals surface area contributed by atoms with Crippen LogP contribution in [0.25, 0.3) is 0 Å². The van der Waals surface area contributed by atoms with E-state index in [2.05, 4.69) is 6.58 Å². The minimum absolute atomic E-state index is 0.154. The van der Waals surface area contributed by atoms with Crippen LogP contribution in [0.4, 0.5) is 0 Å². The van der Waals surface area contributed by atoms with Crippen molar-refractivity contribution in [1.29, 1.82) is 0 Å². The number of carbonyl (C=O) groups is 2. The zero-order valence-electron chi connectivity index (χ0n) is 8.80. The molecule has 2 bridgehead atoms. The second-order valence-electron chi connectivity index (χ2n) is 4.71. The first-order chi connectivity index (χ1) is 7.49. The van der Waals surface area contributed by atoms with Crippen LogP contribution in [0, 0.1) is 11.3 Å². The van der Waals surface area contributed by atoms with E-state index >= 15 is 0 Å². The van der Waals surface area contributed by atoms with E-state index in [1.807, 2.05) is 0 Å². The molecule has 86 valence electrons. The molecule has 0 amide bonds. The summed E-state index contributed by atoms with van der Waals surface area (Å²) in [7, 11) is 0. The molecular formula is C11H12O5. The van der Waals surface area contributed by atoms with E-state index in [1.165, 1.54) is 0 Å². The van der Waals surface area contributed by atoms with E-state index in [-0.39, 0.29) is 30.0 Å². The van der Waals surface area contributed by atoms with Crippen LogP contribution in [-0.4, -0.2) is 35.2 Å². The van der Waals surface area contributed by atoms with Gasteiger partial charge in [0.25, 0.3) is 0 Å². The van der Waals surface area contributed by atoms with Crippen LogP contribution in [-0.2, 0) is 19.1 Å². The number of hydrogen-bond donors (Lipinski definition) is 1. The Morgan fingerprint density at radius 1 is 1.50 bits per heavy atom. The van der Waals surface area contributed by atoms with E-state index in [0.717, 1.165) is 0 Å². The van der Waals surface area contributed by atoms with Crippen LogP contribution in [0.15, 0.2) is 12.3 Å². The fraction of sp³-hybridized carbons (Fsp3) is 0.636. The fourth-order valence-electron chi connectivity index (χ4n) is 3.15. The number of fused-ring (bicyclic) bond motifs is 1. The van der Waals surface area contributed by atoms with Gasteiger partial charge in [-0.25, -0.2) is 0 Å². The van der Waals surface area contributed by atoms with Gasteiger partial charge in [-0.2, -0.15) is 0 Å². The van der Waals surface area contributed by atoms with Crippen molar-refractivity contribution in [3.63, 3.8) is 0 Å². The number of carbonyl (C=O) groups excluding carboxylic acids is 2. The van der Waals surface area contributed by atoms with Crippen molar-refractivity contribution in [2.75, 3.05) is 0 Å². The van der Waals surface area contributed by atoms with Gasteiger partial charge in [-0.15, -0.1) is 0 Å². The lowest BCUT2D eigenvalue weighted by Gasteiger charge is -2.35. The molecule has 3 aliphatic rings. The van der Waals surface area contributed by atoms with E-state index in [1.54, 1.807) is 6.92 Å². The number of cyclic esters (lactones) is 1. The molecule has 1 spiro atoms. The van der Waals surface area contributed by atoms with Crippen LogP contribution >= 0.6 is 0 Å². The van der Waals surface area contributed by atoms with Crippen molar-refractivity contribution in [3.8, 4) is 0 Å². The quantitative estimate of drug-likeness (QED) is 0.576. The molecular weight excluding hydrogens is 212 g/mol. The summed E-state index contributed by atoms with van der Waals surface area (Å²) >= 11 is 0. The monoisotopic (exact) mass is 224 g/mol. The number of aliphatic hydroxyl groups excluding tert-OH is 1. The van der Waals surface area contributed by atoms with Crippen molar-refractivity contribution in [3.05, 3.63) is 12.3 Å². The van der Waals surface area contributed by atoms with Crippen molar-refractivity contribution < 1.29 is 24.2 Å². The van der Waals surface area contributed by atoms with Crippen LogP contribution in [0.5, 0.6) is 0 Å². The normalized spacial score (nSPS) is 50.5. The molecule has 5 heteroatoms. The number of ether oxygens (including phenoxy) is 2. The van der Waals surface area contributed by atoms with Gasteiger partial charge in [-0.3, -0.25) is 9.59 Å². The summed E-state index contributed by atoms with van der Waals surface area (Å²) in [6.07, 6.45) is -2.17. The highest BCUT2D eigenvalue weighted by Gasteiger charge is 2.73. The minimum Gasteiger partial charge on any atom is -0.428 e. The molecule has 0 radical (unpaired) electrons. The van der Waals surface area contributed by atoms with Crippen LogP contribution in [0.1, 0.15) is 13.3 Å². The topological polar surface area (TPSA) is 72.8 Å². The third-order valence-electron chi connectivity index (χ3n) is 4.09. The smallest absolute Gasteiger partial charge is 0.323 e. The lowest BCUT2D eigenvalue weighted by Crippen LogP contribution is -2.55. The molecule has 2 aliphatic heterocycles. The van der Waals surface area contributed by atoms with E-state index in [4.69, 9.17) is 9.47 Å². The Hall–Kier alpha value is -1.20. The number of aliphatic hydroxyl groups is 1. The molecule has 1 N–H and O–H groups in total. The standard InChI is InChI=1S/C11H12O5/c1-4-7-3-6(12)8(13)11(4)9(16-7)5(2)15-10(11)14/h4,7-9,13H,2-3H2,1H3/t4-,7?,8+,9-,11+/m1/s1. The van der Waals surface area contributed by atoms with Crippen LogP contribution in [0.2, 0.25) is 0 Å². The lowest BCUT2D eigenvalue weighted by molar-refractivity contribution is -0.162. The Bertz CT molecular complexity index is 415. The molecule has 5 nitrogen and oxygen atoms in total. The first-order valence-corrected chi connectivity index (χ1v) is 5.27. The Morgan fingerprint density at radius 3 is 2.88 bits per heavy atom. The summed E-state index contributed by atoms with van der Waals surface area (Å²) in [6.45, 7) is 5.41. The second kappa shape index (κ2) is 2.73. The van der Waals surface area contributed by atoms with E-state index < -0.39 is 23.6 Å². The van der Waals surface area contributed by atoms with Crippen molar-refractivity contribution in [1.82, 2.24) is 0 Å². The van der Waals surface area contributed by atoms with Gasteiger partial charge in [0.05, 0.1) is 6.10 Å². The van der Waals surface area contributed by atoms with Crippen LogP contribution in [0.3, 0.4) is 0 Å². The highest BCUT2D eigenvalue weighted by atomic mass is 16.6. The largest absolute Gasteiger partial charge is 0.428 e. The van der Waals surface area contributed by atoms with Gasteiger partial charge < -0.3 is 14.6 Å². The average molecular weight is 224 g/mol. The summed E-state index contributed by atoms with van der Waals surface area (Å²) in [4.78, 5) is 23.5. The van der Waals surface area contributed by atoms with Gasteiger partial charge in [0.15, 0.2) is 5.78 Å². The van der Waals surface area contributed by atoms with Gasteiger partial charge in [0.2, 0.25) is 0 Å². The highest BCUT2D eigenvalue weighted by Crippen LogP contribution is 2.57. The zero-order valence-corrected chi connectivity index (χ0v) is 8.80. The maximum absolute atomic E-state index is 11.9. The van der Waals surface area contributed by atoms with Gasteiger partial charge in [0.1, 0.15) is 23.4 Å². The van der Waals surface area contributed by atoms with Gasteiger partial charge in [-0.1, -0.05) is 13.5 Å². The van der Waals surface area contributed by atoms with E-state index in [0.29, 0.717) is 0 Å². The molecule has 2 heterocycles. The van der Waals surface area contributed by atoms with Crippen LogP contribution < -0.4 is 0 Å². The Labute approximate surface area is 92.0 Å². The summed E-state index contributed by atoms with van der Waals surface area (Å²) < 4.78 is 10.5. The van der Waals surface area contributed by atoms with Crippen molar-refractivity contribution >= 4 is 11.8 Å². The first-order valence-electron chi connectivity index (χ1n) is 5.27. The molecule has 0 aromatic heterocycles. The maximum Gasteiger partial charge on any atom is 0.323 e. The summed E-state index contributed by atoms with van der Waals surface area (Å²) in [5.41, 5.74) is -1.25. The van der Waals surface area contributed by atoms with Crippen molar-refractivity contribution in [2.24, 2.45) is 11.3 Å². The number of rotatable bonds is 0. The molecule has 3 rings (SSSR count). The summed E-state index contributed by atoms with van der Waals surface area (Å²) in [6, 6.07) is 0. The minimum atomic E-state index is -1.34. The third-order valence-corrected chi connectivity index (χ3v) is 4.09. The summed E-state index contributed by atoms with van der Waals surface area (Å²) in [5.74, 6) is -0.958. The highest BCUT2D eigenvalue weighted by molar-refractivity contribution is 5.96. The molecule has 1 aliphatic carbocycles. The first kappa shape index (κ1) is 9.99. The second-order valence-corrected chi connectivity index (χ2v) is 4.71. The van der Waals surface area contributed by atoms with Gasteiger partial charge in [0, 0.05) is 12.3 Å². The SMILES string of the molecule is C=C1OC(=O)[C@]23[C@@H]1OC(CC(=O)[C@@H]2O)[C@H]3C. The molecule has 1 saturated carbocycles. The Morgan fingerprint density at radius 2 is 2.19 bits per heavy atom. The molecule has 3 fully saturated rings. The van der Waals surface area contributed by atoms with Gasteiger partial charge in [-0.05, 0) is 0 Å². The molecule has 16 heavy (non-hydrogen) atoms. The Balaban J connectivity index is 2.19. The number of esters is 1. The fourth-order valence-corrected chi connectivity index (χ4v) is 3.15. The van der Waals surface area contributed by atoms with Gasteiger partial charge >= 0.3 is 5.97 Å². The third kappa shape index (κ3) is 0.814. The predicted octanol–water partition coefficient (Wildman–Crippen LogP) is -0.220. The molecule has 5 atom stereocenters. The molecule has 0 aromatic carbocycles. The number of Topliss-reactive ketones (excluding diaryl/α,β-unsaturated/α-hetero) is 1. The number of hydrogen-bond acceptors (Lipinski definition) is 5.